The Balaban J connectivity index is 1.57. The van der Waals surface area contributed by atoms with Crippen molar-refractivity contribution in [2.75, 3.05) is 13.6 Å². The number of nitrogens with zero attached hydrogens (tertiary/aromatic N) is 3. The molecule has 2 amide bonds. The van der Waals surface area contributed by atoms with Crippen molar-refractivity contribution in [3.63, 3.8) is 0 Å². The van der Waals surface area contributed by atoms with Crippen LogP contribution in [-0.4, -0.2) is 69.2 Å². The van der Waals surface area contributed by atoms with E-state index in [1.54, 1.807) is 46.9 Å². The highest BCUT2D eigenvalue weighted by atomic mass is 35.5. The van der Waals surface area contributed by atoms with Crippen molar-refractivity contribution >= 4 is 57.7 Å². The van der Waals surface area contributed by atoms with Crippen LogP contribution in [0.4, 0.5) is 4.79 Å². The predicted molar refractivity (Wildman–Crippen MR) is 170 cm³/mol. The van der Waals surface area contributed by atoms with Gasteiger partial charge in [0.15, 0.2) is 11.6 Å². The van der Waals surface area contributed by atoms with Crippen molar-refractivity contribution in [1.29, 1.82) is 0 Å². The molecule has 0 spiro atoms. The summed E-state index contributed by atoms with van der Waals surface area (Å²) in [5, 5.41) is 1.57. The Morgan fingerprint density at radius 3 is 2.35 bits per heavy atom. The molecule has 0 bridgehead atoms. The number of amides is 2. The van der Waals surface area contributed by atoms with Crippen molar-refractivity contribution < 1.29 is 23.9 Å². The molecule has 0 radical (unpaired) electrons. The number of likely N-dealkylation sites (tertiary alicyclic amines) is 1. The number of likely N-dealkylation sites (N-methyl/N-ethyl adjacent to an activating group) is 1. The van der Waals surface area contributed by atoms with E-state index in [0.29, 0.717) is 34.2 Å². The number of carbonyl (C=O) groups excluding carboxylic acids is 4. The lowest BCUT2D eigenvalue weighted by molar-refractivity contribution is -0.142. The average Bonchev–Trinajstić information content (AvgIpc) is 3.51. The van der Waals surface area contributed by atoms with Gasteiger partial charge in [-0.05, 0) is 84.4 Å². The standard InChI is InChI=1S/C33H45Cl2N3O5/c1-20(36(6)32(42)43-33(3,4)5)28(40)18-25(22-11-8-7-9-12-22)31(41)37-16-10-13-24(37)19-38-27-15-14-23(34)17-26(27)29(21(2)39)30(38)35/h14-15,17,20,22,24-25H,7-13,16,18-19H2,1-6H3/t20-,24-,25-/m0/s1. The molecule has 0 N–H and O–H groups in total. The van der Waals surface area contributed by atoms with Crippen LogP contribution in [-0.2, 0) is 20.9 Å². The Labute approximate surface area is 265 Å². The summed E-state index contributed by atoms with van der Waals surface area (Å²) in [6, 6.07) is 4.55. The molecule has 0 unspecified atom stereocenters. The normalized spacial score (nSPS) is 19.3. The van der Waals surface area contributed by atoms with Gasteiger partial charge < -0.3 is 19.1 Å². The Bertz CT molecular complexity index is 1370. The fourth-order valence-corrected chi connectivity index (χ4v) is 7.20. The molecule has 2 fully saturated rings. The van der Waals surface area contributed by atoms with E-state index in [0.717, 1.165) is 50.5 Å². The monoisotopic (exact) mass is 633 g/mol. The van der Waals surface area contributed by atoms with Crippen LogP contribution >= 0.6 is 23.2 Å². The van der Waals surface area contributed by atoms with Crippen LogP contribution in [0.2, 0.25) is 10.2 Å². The Kier molecular flexibility index (Phi) is 10.5. The minimum absolute atomic E-state index is 0.00251. The molecule has 1 aliphatic carbocycles. The van der Waals surface area contributed by atoms with Gasteiger partial charge in [-0.15, -0.1) is 0 Å². The summed E-state index contributed by atoms with van der Waals surface area (Å²) in [7, 11) is 1.57. The number of benzene rings is 1. The molecule has 2 aromatic rings. The first kappa shape index (κ1) is 33.3. The van der Waals surface area contributed by atoms with Gasteiger partial charge in [-0.1, -0.05) is 42.5 Å². The fourth-order valence-electron chi connectivity index (χ4n) is 6.64. The Morgan fingerprint density at radius 1 is 1.05 bits per heavy atom. The van der Waals surface area contributed by atoms with Crippen molar-refractivity contribution in [2.24, 2.45) is 11.8 Å². The van der Waals surface area contributed by atoms with Crippen LogP contribution in [0.25, 0.3) is 10.9 Å². The van der Waals surface area contributed by atoms with E-state index in [1.165, 1.54) is 11.8 Å². The molecule has 1 aromatic carbocycles. The van der Waals surface area contributed by atoms with Crippen LogP contribution < -0.4 is 0 Å². The minimum Gasteiger partial charge on any atom is -0.444 e. The number of halogens is 2. The number of carbonyl (C=O) groups is 4. The van der Waals surface area contributed by atoms with Crippen LogP contribution in [0, 0.1) is 11.8 Å². The number of hydrogen-bond donors (Lipinski definition) is 0. The molecule has 4 rings (SSSR count). The smallest absolute Gasteiger partial charge is 0.410 e. The van der Waals surface area contributed by atoms with Gasteiger partial charge in [0.2, 0.25) is 5.91 Å². The molecule has 1 saturated heterocycles. The summed E-state index contributed by atoms with van der Waals surface area (Å²) in [6.07, 6.45) is 6.22. The largest absolute Gasteiger partial charge is 0.444 e. The van der Waals surface area contributed by atoms with Crippen LogP contribution in [0.1, 0.15) is 96.3 Å². The van der Waals surface area contributed by atoms with Crippen LogP contribution in [0.3, 0.4) is 0 Å². The van der Waals surface area contributed by atoms with Crippen molar-refractivity contribution in [2.45, 2.75) is 110 Å². The van der Waals surface area contributed by atoms with Crippen molar-refractivity contribution in [3.05, 3.63) is 33.9 Å². The Morgan fingerprint density at radius 2 is 1.72 bits per heavy atom. The lowest BCUT2D eigenvalue weighted by atomic mass is 9.76. The predicted octanol–water partition coefficient (Wildman–Crippen LogP) is 7.55. The van der Waals surface area contributed by atoms with Gasteiger partial charge in [-0.2, -0.15) is 0 Å². The van der Waals surface area contributed by atoms with Gasteiger partial charge >= 0.3 is 6.09 Å². The van der Waals surface area contributed by atoms with Gasteiger partial charge in [0.25, 0.3) is 0 Å². The lowest BCUT2D eigenvalue weighted by Gasteiger charge is -2.35. The van der Waals surface area contributed by atoms with Crippen molar-refractivity contribution in [3.8, 4) is 0 Å². The van der Waals surface area contributed by atoms with Gasteiger partial charge in [0.05, 0.1) is 17.1 Å². The van der Waals surface area contributed by atoms with Crippen molar-refractivity contribution in [1.82, 2.24) is 14.4 Å². The van der Waals surface area contributed by atoms with Gasteiger partial charge in [-0.3, -0.25) is 14.4 Å². The molecule has 43 heavy (non-hydrogen) atoms. The quantitative estimate of drug-likeness (QED) is 0.266. The molecule has 8 nitrogen and oxygen atoms in total. The van der Waals surface area contributed by atoms with E-state index < -0.39 is 23.7 Å². The zero-order valence-electron chi connectivity index (χ0n) is 26.3. The lowest BCUT2D eigenvalue weighted by Crippen LogP contribution is -2.47. The number of Topliss-reactive ketones (excluding diaryl/α,β-unsaturated/α-hetero) is 2. The summed E-state index contributed by atoms with van der Waals surface area (Å²) < 4.78 is 7.39. The molecule has 1 saturated carbocycles. The fraction of sp³-hybridized carbons (Fsp3) is 0.636. The first-order chi connectivity index (χ1) is 20.2. The highest BCUT2D eigenvalue weighted by Gasteiger charge is 2.40. The summed E-state index contributed by atoms with van der Waals surface area (Å²) in [6.45, 7) is 9.60. The zero-order valence-corrected chi connectivity index (χ0v) is 27.8. The number of ether oxygens (including phenoxy) is 1. The van der Waals surface area contributed by atoms with E-state index >= 15 is 0 Å². The first-order valence-corrected chi connectivity index (χ1v) is 16.2. The third kappa shape index (κ3) is 7.56. The van der Waals surface area contributed by atoms with Crippen LogP contribution in [0.15, 0.2) is 18.2 Å². The van der Waals surface area contributed by atoms with E-state index in [2.05, 4.69) is 0 Å². The molecule has 3 atom stereocenters. The van der Waals surface area contributed by atoms with Crippen LogP contribution in [0.5, 0.6) is 0 Å². The summed E-state index contributed by atoms with van der Waals surface area (Å²) in [5.74, 6) is -0.622. The number of ketones is 2. The first-order valence-electron chi connectivity index (χ1n) is 15.5. The second-order valence-corrected chi connectivity index (χ2v) is 14.1. The summed E-state index contributed by atoms with van der Waals surface area (Å²) in [4.78, 5) is 56.4. The van der Waals surface area contributed by atoms with E-state index in [9.17, 15) is 19.2 Å². The second-order valence-electron chi connectivity index (χ2n) is 13.3. The second kappa shape index (κ2) is 13.6. The maximum absolute atomic E-state index is 14.4. The number of aromatic nitrogens is 1. The zero-order chi connectivity index (χ0) is 31.6. The molecule has 236 valence electrons. The summed E-state index contributed by atoms with van der Waals surface area (Å²) >= 11 is 13.1. The van der Waals surface area contributed by atoms with E-state index in [4.69, 9.17) is 27.9 Å². The highest BCUT2D eigenvalue weighted by molar-refractivity contribution is 6.36. The highest BCUT2D eigenvalue weighted by Crippen LogP contribution is 2.37. The summed E-state index contributed by atoms with van der Waals surface area (Å²) in [5.41, 5.74) is 0.561. The maximum atomic E-state index is 14.4. The molecule has 1 aromatic heterocycles. The molecule has 1 aliphatic heterocycles. The SMILES string of the molecule is CC(=O)c1c(Cl)n(C[C@@H]2CCCN2C(=O)[C@@H](CC(=O)[C@H](C)N(C)C(=O)OC(C)(C)C)C2CCCCC2)c2ccc(Cl)cc12. The topological polar surface area (TPSA) is 88.9 Å². The third-order valence-electron chi connectivity index (χ3n) is 9.05. The number of rotatable bonds is 9. The third-order valence-corrected chi connectivity index (χ3v) is 9.68. The minimum atomic E-state index is -0.718. The van der Waals surface area contributed by atoms with E-state index in [-0.39, 0.29) is 35.9 Å². The van der Waals surface area contributed by atoms with Gasteiger partial charge in [0, 0.05) is 48.9 Å². The van der Waals surface area contributed by atoms with Gasteiger partial charge in [0.1, 0.15) is 10.8 Å². The van der Waals surface area contributed by atoms with Gasteiger partial charge in [-0.25, -0.2) is 4.79 Å². The molecule has 10 heteroatoms. The Hall–Kier alpha value is -2.58. The molecular formula is C33H45Cl2N3O5. The number of hydrogen-bond acceptors (Lipinski definition) is 5. The molecule has 2 aliphatic rings. The average molecular weight is 635 g/mol. The van der Waals surface area contributed by atoms with E-state index in [1.807, 2.05) is 15.5 Å². The number of fused-ring (bicyclic) bond motifs is 1. The molecular weight excluding hydrogens is 589 g/mol. The maximum Gasteiger partial charge on any atom is 0.410 e. The molecule has 2 heterocycles.